The van der Waals surface area contributed by atoms with E-state index in [1.807, 2.05) is 12.1 Å². The van der Waals surface area contributed by atoms with Crippen LogP contribution >= 0.6 is 11.6 Å². The zero-order valence-electron chi connectivity index (χ0n) is 10.3. The summed E-state index contributed by atoms with van der Waals surface area (Å²) in [5.74, 6) is -0.913. The lowest BCUT2D eigenvalue weighted by Gasteiger charge is -2.07. The van der Waals surface area contributed by atoms with Gasteiger partial charge in [0.25, 0.3) is 0 Å². The van der Waals surface area contributed by atoms with Crippen LogP contribution in [0.25, 0.3) is 10.9 Å². The average Bonchev–Trinajstić information content (AvgIpc) is 2.49. The third-order valence-electron chi connectivity index (χ3n) is 3.09. The lowest BCUT2D eigenvalue weighted by Crippen LogP contribution is -2.04. The number of nitrogens with zero attached hydrogens (tertiary/aromatic N) is 1. The highest BCUT2D eigenvalue weighted by Crippen LogP contribution is 2.25. The van der Waals surface area contributed by atoms with Gasteiger partial charge in [-0.2, -0.15) is 0 Å². The van der Waals surface area contributed by atoms with Crippen molar-refractivity contribution in [3.63, 3.8) is 0 Å². The quantitative estimate of drug-likeness (QED) is 0.659. The molecule has 4 heteroatoms. The van der Waals surface area contributed by atoms with Crippen molar-refractivity contribution >= 4 is 28.3 Å². The molecule has 0 aliphatic heterocycles. The summed E-state index contributed by atoms with van der Waals surface area (Å²) in [6.45, 7) is 0. The summed E-state index contributed by atoms with van der Waals surface area (Å²) in [6.07, 6.45) is 1.66. The fourth-order valence-corrected chi connectivity index (χ4v) is 2.34. The van der Waals surface area contributed by atoms with Crippen molar-refractivity contribution in [2.24, 2.45) is 0 Å². The van der Waals surface area contributed by atoms with Crippen LogP contribution in [0.1, 0.15) is 15.9 Å². The first kappa shape index (κ1) is 12.8. The number of hydrogen-bond acceptors (Lipinski definition) is 2. The highest BCUT2D eigenvalue weighted by molar-refractivity contribution is 6.35. The number of aromatic nitrogens is 1. The Hall–Kier alpha value is -2.26. The zero-order chi connectivity index (χ0) is 14.1. The van der Waals surface area contributed by atoms with Crippen LogP contribution < -0.4 is 0 Å². The van der Waals surface area contributed by atoms with Gasteiger partial charge in [0.1, 0.15) is 5.82 Å². The van der Waals surface area contributed by atoms with Gasteiger partial charge >= 0.3 is 0 Å². The molecule has 20 heavy (non-hydrogen) atoms. The number of hydrogen-bond donors (Lipinski definition) is 0. The fraction of sp³-hybridized carbons (Fsp3) is 0. The van der Waals surface area contributed by atoms with Crippen LogP contribution in [-0.2, 0) is 0 Å². The average molecular weight is 286 g/mol. The molecule has 0 N–H and O–H groups in total. The number of benzene rings is 2. The van der Waals surface area contributed by atoms with Gasteiger partial charge in [0, 0.05) is 22.7 Å². The summed E-state index contributed by atoms with van der Waals surface area (Å²) in [4.78, 5) is 16.8. The van der Waals surface area contributed by atoms with Crippen molar-refractivity contribution in [1.29, 1.82) is 0 Å². The number of rotatable bonds is 2. The molecular weight excluding hydrogens is 277 g/mol. The number of ketones is 1. The van der Waals surface area contributed by atoms with Gasteiger partial charge in [0.05, 0.1) is 10.5 Å². The molecule has 0 spiro atoms. The summed E-state index contributed by atoms with van der Waals surface area (Å²) in [5.41, 5.74) is 1.33. The van der Waals surface area contributed by atoms with E-state index in [-0.39, 0.29) is 16.4 Å². The summed E-state index contributed by atoms with van der Waals surface area (Å²) in [7, 11) is 0. The van der Waals surface area contributed by atoms with Gasteiger partial charge in [-0.05, 0) is 24.3 Å². The number of fused-ring (bicyclic) bond motifs is 1. The molecule has 98 valence electrons. The SMILES string of the molecule is O=C(c1cccc(F)c1Cl)c1cccc2ncccc12. The molecular formula is C16H9ClFNO. The Kier molecular flexibility index (Phi) is 3.20. The Balaban J connectivity index is 2.21. The molecule has 3 rings (SSSR count). The van der Waals surface area contributed by atoms with Crippen LogP contribution in [0.2, 0.25) is 5.02 Å². The maximum Gasteiger partial charge on any atom is 0.195 e. The molecule has 0 aliphatic carbocycles. The molecule has 0 aliphatic rings. The predicted molar refractivity (Wildman–Crippen MR) is 76.6 cm³/mol. The van der Waals surface area contributed by atoms with Gasteiger partial charge in [-0.25, -0.2) is 4.39 Å². The second kappa shape index (κ2) is 5.02. The first-order chi connectivity index (χ1) is 9.68. The lowest BCUT2D eigenvalue weighted by molar-refractivity contribution is 0.104. The molecule has 2 aromatic carbocycles. The topological polar surface area (TPSA) is 30.0 Å². The van der Waals surface area contributed by atoms with Crippen LogP contribution in [0.15, 0.2) is 54.7 Å². The van der Waals surface area contributed by atoms with Crippen molar-refractivity contribution < 1.29 is 9.18 Å². The van der Waals surface area contributed by atoms with E-state index in [1.54, 1.807) is 24.4 Å². The number of halogens is 2. The molecule has 1 aromatic heterocycles. The molecule has 0 bridgehead atoms. The van der Waals surface area contributed by atoms with Crippen molar-refractivity contribution in [3.8, 4) is 0 Å². The van der Waals surface area contributed by atoms with Crippen LogP contribution in [0.3, 0.4) is 0 Å². The minimum atomic E-state index is -0.601. The second-order valence-corrected chi connectivity index (χ2v) is 4.68. The highest BCUT2D eigenvalue weighted by atomic mass is 35.5. The van der Waals surface area contributed by atoms with Gasteiger partial charge < -0.3 is 0 Å². The third-order valence-corrected chi connectivity index (χ3v) is 3.47. The van der Waals surface area contributed by atoms with Gasteiger partial charge in [-0.3, -0.25) is 9.78 Å². The molecule has 0 fully saturated rings. The van der Waals surface area contributed by atoms with Crippen molar-refractivity contribution in [3.05, 3.63) is 76.7 Å². The van der Waals surface area contributed by atoms with Crippen molar-refractivity contribution in [1.82, 2.24) is 4.98 Å². The molecule has 0 amide bonds. The highest BCUT2D eigenvalue weighted by Gasteiger charge is 2.17. The predicted octanol–water partition coefficient (Wildman–Crippen LogP) is 4.26. The van der Waals surface area contributed by atoms with E-state index < -0.39 is 5.82 Å². The minimum absolute atomic E-state index is 0.154. The van der Waals surface area contributed by atoms with E-state index in [2.05, 4.69) is 4.98 Å². The van der Waals surface area contributed by atoms with Crippen molar-refractivity contribution in [2.75, 3.05) is 0 Å². The smallest absolute Gasteiger partial charge is 0.195 e. The van der Waals surface area contributed by atoms with Crippen LogP contribution in [0.4, 0.5) is 4.39 Å². The number of pyridine rings is 1. The number of carbonyl (C=O) groups excluding carboxylic acids is 1. The van der Waals surface area contributed by atoms with Gasteiger partial charge in [-0.15, -0.1) is 0 Å². The third kappa shape index (κ3) is 2.06. The van der Waals surface area contributed by atoms with E-state index in [0.717, 1.165) is 5.39 Å². The van der Waals surface area contributed by atoms with E-state index in [4.69, 9.17) is 11.6 Å². The fourth-order valence-electron chi connectivity index (χ4n) is 2.13. The second-order valence-electron chi connectivity index (χ2n) is 4.31. The zero-order valence-corrected chi connectivity index (χ0v) is 11.1. The first-order valence-electron chi connectivity index (χ1n) is 6.01. The van der Waals surface area contributed by atoms with Crippen molar-refractivity contribution in [2.45, 2.75) is 0 Å². The molecule has 3 aromatic rings. The Morgan fingerprint density at radius 2 is 1.75 bits per heavy atom. The van der Waals surface area contributed by atoms with E-state index in [9.17, 15) is 9.18 Å². The van der Waals surface area contributed by atoms with E-state index in [0.29, 0.717) is 11.1 Å². The molecule has 0 saturated heterocycles. The standard InChI is InChI=1S/C16H9ClFNO/c17-15-12(5-1-7-13(15)18)16(20)11-4-2-8-14-10(11)6-3-9-19-14/h1-9H. The van der Waals surface area contributed by atoms with Gasteiger partial charge in [0.15, 0.2) is 5.78 Å². The number of carbonyl (C=O) groups is 1. The van der Waals surface area contributed by atoms with Gasteiger partial charge in [0.2, 0.25) is 0 Å². The maximum atomic E-state index is 13.5. The summed E-state index contributed by atoms with van der Waals surface area (Å²) in [5, 5.41) is 0.568. The maximum absolute atomic E-state index is 13.5. The molecule has 0 unspecified atom stereocenters. The Labute approximate surface area is 119 Å². The Morgan fingerprint density at radius 3 is 2.60 bits per heavy atom. The van der Waals surface area contributed by atoms with E-state index in [1.165, 1.54) is 18.2 Å². The van der Waals surface area contributed by atoms with Gasteiger partial charge in [-0.1, -0.05) is 35.9 Å². The van der Waals surface area contributed by atoms with E-state index >= 15 is 0 Å². The molecule has 0 radical (unpaired) electrons. The molecule has 1 heterocycles. The molecule has 0 atom stereocenters. The summed E-state index contributed by atoms with van der Waals surface area (Å²) >= 11 is 5.88. The Bertz CT molecular complexity index is 811. The van der Waals surface area contributed by atoms with Crippen LogP contribution in [0.5, 0.6) is 0 Å². The van der Waals surface area contributed by atoms with Crippen LogP contribution in [0, 0.1) is 5.82 Å². The summed E-state index contributed by atoms with van der Waals surface area (Å²) < 4.78 is 13.5. The molecule has 0 saturated carbocycles. The summed E-state index contributed by atoms with van der Waals surface area (Å²) in [6, 6.07) is 13.0. The molecule has 2 nitrogen and oxygen atoms in total. The Morgan fingerprint density at radius 1 is 1.00 bits per heavy atom. The largest absolute Gasteiger partial charge is 0.289 e. The van der Waals surface area contributed by atoms with Crippen LogP contribution in [-0.4, -0.2) is 10.8 Å². The monoisotopic (exact) mass is 285 g/mol. The minimum Gasteiger partial charge on any atom is -0.289 e. The normalized spacial score (nSPS) is 10.7. The first-order valence-corrected chi connectivity index (χ1v) is 6.39. The lowest BCUT2D eigenvalue weighted by atomic mass is 9.99.